The van der Waals surface area contributed by atoms with Gasteiger partial charge in [0.25, 0.3) is 5.91 Å². The summed E-state index contributed by atoms with van der Waals surface area (Å²) in [4.78, 5) is 12.1. The molecule has 5 nitrogen and oxygen atoms in total. The minimum Gasteiger partial charge on any atom is -0.346 e. The quantitative estimate of drug-likeness (QED) is 0.851. The van der Waals surface area contributed by atoms with E-state index in [0.717, 1.165) is 10.0 Å². The molecule has 0 saturated heterocycles. The van der Waals surface area contributed by atoms with Crippen molar-refractivity contribution in [3.63, 3.8) is 0 Å². The average Bonchev–Trinajstić information content (AvgIpc) is 2.47. The number of benzene rings is 2. The fourth-order valence-corrected chi connectivity index (χ4v) is 2.75. The van der Waals surface area contributed by atoms with Crippen LogP contribution in [0.25, 0.3) is 0 Å². The van der Waals surface area contributed by atoms with Gasteiger partial charge in [0.1, 0.15) is 0 Å². The van der Waals surface area contributed by atoms with Crippen molar-refractivity contribution in [2.45, 2.75) is 17.9 Å². The Morgan fingerprint density at radius 2 is 1.82 bits per heavy atom. The summed E-state index contributed by atoms with van der Waals surface area (Å²) in [5.74, 6) is -0.360. The first-order chi connectivity index (χ1) is 10.3. The highest BCUT2D eigenvalue weighted by atomic mass is 79.9. The molecule has 3 N–H and O–H groups in total. The Kier molecular flexibility index (Phi) is 5.00. The molecular weight excluding hydrogens is 368 g/mol. The van der Waals surface area contributed by atoms with Crippen molar-refractivity contribution in [1.82, 2.24) is 5.32 Å². The number of nitrogens with two attached hydrogens (primary N) is 1. The van der Waals surface area contributed by atoms with Crippen LogP contribution in [0.1, 0.15) is 28.9 Å². The topological polar surface area (TPSA) is 89.3 Å². The molecule has 0 fully saturated rings. The molecule has 0 bridgehead atoms. The highest BCUT2D eigenvalue weighted by Crippen LogP contribution is 2.17. The number of carbonyl (C=O) groups excluding carboxylic acids is 1. The Hall–Kier alpha value is -1.70. The second kappa shape index (κ2) is 6.60. The van der Waals surface area contributed by atoms with E-state index >= 15 is 0 Å². The molecule has 1 atom stereocenters. The van der Waals surface area contributed by atoms with Crippen LogP contribution in [0.3, 0.4) is 0 Å². The van der Waals surface area contributed by atoms with Crippen LogP contribution in [0.5, 0.6) is 0 Å². The number of amides is 1. The van der Waals surface area contributed by atoms with Crippen molar-refractivity contribution in [2.24, 2.45) is 5.14 Å². The molecule has 116 valence electrons. The molecule has 2 aromatic rings. The summed E-state index contributed by atoms with van der Waals surface area (Å²) in [5.41, 5.74) is 1.19. The number of halogens is 1. The number of rotatable bonds is 4. The van der Waals surface area contributed by atoms with E-state index in [9.17, 15) is 13.2 Å². The molecular formula is C15H15BrN2O3S. The van der Waals surface area contributed by atoms with Gasteiger partial charge in [-0.15, -0.1) is 0 Å². The zero-order valence-corrected chi connectivity index (χ0v) is 14.2. The molecule has 0 unspecified atom stereocenters. The van der Waals surface area contributed by atoms with E-state index in [1.54, 1.807) is 0 Å². The molecule has 22 heavy (non-hydrogen) atoms. The molecule has 2 rings (SSSR count). The highest BCUT2D eigenvalue weighted by molar-refractivity contribution is 9.10. The third-order valence-corrected chi connectivity index (χ3v) is 4.58. The van der Waals surface area contributed by atoms with E-state index < -0.39 is 10.0 Å². The minimum absolute atomic E-state index is 0.0866. The van der Waals surface area contributed by atoms with Crippen LogP contribution in [0.4, 0.5) is 0 Å². The van der Waals surface area contributed by atoms with E-state index in [-0.39, 0.29) is 22.4 Å². The fourth-order valence-electron chi connectivity index (χ4n) is 1.93. The molecule has 7 heteroatoms. The SMILES string of the molecule is C[C@@H](NC(=O)c1cccc(S(N)(=O)=O)c1)c1ccc(Br)cc1. The van der Waals surface area contributed by atoms with Gasteiger partial charge in [-0.2, -0.15) is 0 Å². The van der Waals surface area contributed by atoms with E-state index in [1.165, 1.54) is 24.3 Å². The second-order valence-electron chi connectivity index (χ2n) is 4.82. The van der Waals surface area contributed by atoms with Gasteiger partial charge in [0, 0.05) is 10.0 Å². The zero-order chi connectivity index (χ0) is 16.3. The van der Waals surface area contributed by atoms with Gasteiger partial charge in [-0.05, 0) is 42.8 Å². The molecule has 0 radical (unpaired) electrons. The van der Waals surface area contributed by atoms with E-state index in [0.29, 0.717) is 0 Å². The lowest BCUT2D eigenvalue weighted by atomic mass is 10.1. The molecule has 0 aliphatic heterocycles. The van der Waals surface area contributed by atoms with Crippen LogP contribution in [-0.2, 0) is 10.0 Å². The first-order valence-electron chi connectivity index (χ1n) is 6.46. The van der Waals surface area contributed by atoms with Crippen molar-refractivity contribution < 1.29 is 13.2 Å². The smallest absolute Gasteiger partial charge is 0.251 e. The largest absolute Gasteiger partial charge is 0.346 e. The third-order valence-electron chi connectivity index (χ3n) is 3.14. The standard InChI is InChI=1S/C15H15BrN2O3S/c1-10(11-5-7-13(16)8-6-11)18-15(19)12-3-2-4-14(9-12)22(17,20)21/h2-10H,1H3,(H,18,19)(H2,17,20,21)/t10-/m1/s1. The van der Waals surface area contributed by atoms with Crippen molar-refractivity contribution >= 4 is 31.9 Å². The average molecular weight is 383 g/mol. The summed E-state index contributed by atoms with van der Waals surface area (Å²) < 4.78 is 23.6. The lowest BCUT2D eigenvalue weighted by molar-refractivity contribution is 0.0939. The number of hydrogen-bond acceptors (Lipinski definition) is 3. The van der Waals surface area contributed by atoms with Gasteiger partial charge in [0.05, 0.1) is 10.9 Å². The van der Waals surface area contributed by atoms with Crippen molar-refractivity contribution in [1.29, 1.82) is 0 Å². The highest BCUT2D eigenvalue weighted by Gasteiger charge is 2.14. The summed E-state index contributed by atoms with van der Waals surface area (Å²) >= 11 is 3.35. The number of carbonyl (C=O) groups is 1. The normalized spacial score (nSPS) is 12.7. The Bertz CT molecular complexity index is 789. The summed E-state index contributed by atoms with van der Waals surface area (Å²) in [5, 5.41) is 7.89. The molecule has 0 aliphatic rings. The van der Waals surface area contributed by atoms with Crippen LogP contribution in [-0.4, -0.2) is 14.3 Å². The number of nitrogens with one attached hydrogen (secondary N) is 1. The number of sulfonamides is 1. The predicted octanol–water partition coefficient (Wildman–Crippen LogP) is 2.59. The van der Waals surface area contributed by atoms with Gasteiger partial charge in [-0.25, -0.2) is 13.6 Å². The van der Waals surface area contributed by atoms with Crippen molar-refractivity contribution in [3.8, 4) is 0 Å². The van der Waals surface area contributed by atoms with Crippen LogP contribution in [0, 0.1) is 0 Å². The van der Waals surface area contributed by atoms with Gasteiger partial charge in [-0.1, -0.05) is 34.1 Å². The van der Waals surface area contributed by atoms with Crippen LogP contribution >= 0.6 is 15.9 Å². The van der Waals surface area contributed by atoms with Crippen molar-refractivity contribution in [2.75, 3.05) is 0 Å². The summed E-state index contributed by atoms with van der Waals surface area (Å²) in [6.07, 6.45) is 0. The van der Waals surface area contributed by atoms with E-state index in [4.69, 9.17) is 5.14 Å². The van der Waals surface area contributed by atoms with Gasteiger partial charge >= 0.3 is 0 Å². The molecule has 0 heterocycles. The van der Waals surface area contributed by atoms with Crippen LogP contribution < -0.4 is 10.5 Å². The van der Waals surface area contributed by atoms with E-state index in [2.05, 4.69) is 21.2 Å². The maximum absolute atomic E-state index is 12.2. The molecule has 0 spiro atoms. The Morgan fingerprint density at radius 3 is 2.41 bits per heavy atom. The second-order valence-corrected chi connectivity index (χ2v) is 7.30. The first-order valence-corrected chi connectivity index (χ1v) is 8.80. The van der Waals surface area contributed by atoms with Gasteiger partial charge in [0.2, 0.25) is 10.0 Å². The Morgan fingerprint density at radius 1 is 1.18 bits per heavy atom. The monoisotopic (exact) mass is 382 g/mol. The van der Waals surface area contributed by atoms with Crippen LogP contribution in [0.15, 0.2) is 57.9 Å². The molecule has 0 saturated carbocycles. The summed E-state index contributed by atoms with van der Waals surface area (Å²) in [7, 11) is -3.83. The summed E-state index contributed by atoms with van der Waals surface area (Å²) in [6, 6.07) is 13.0. The Balaban J connectivity index is 2.17. The first kappa shape index (κ1) is 16.7. The molecule has 1 amide bonds. The van der Waals surface area contributed by atoms with Gasteiger partial charge < -0.3 is 5.32 Å². The maximum Gasteiger partial charge on any atom is 0.251 e. The zero-order valence-electron chi connectivity index (χ0n) is 11.8. The fraction of sp³-hybridized carbons (Fsp3) is 0.133. The molecule has 0 aromatic heterocycles. The molecule has 2 aromatic carbocycles. The molecule has 0 aliphatic carbocycles. The lowest BCUT2D eigenvalue weighted by Crippen LogP contribution is -2.27. The number of hydrogen-bond donors (Lipinski definition) is 2. The Labute approximate surface area is 137 Å². The maximum atomic E-state index is 12.2. The van der Waals surface area contributed by atoms with Gasteiger partial charge in [0.15, 0.2) is 0 Å². The van der Waals surface area contributed by atoms with Crippen molar-refractivity contribution in [3.05, 3.63) is 64.1 Å². The van der Waals surface area contributed by atoms with Crippen LogP contribution in [0.2, 0.25) is 0 Å². The number of primary sulfonamides is 1. The van der Waals surface area contributed by atoms with E-state index in [1.807, 2.05) is 31.2 Å². The minimum atomic E-state index is -3.83. The van der Waals surface area contributed by atoms with Gasteiger partial charge in [-0.3, -0.25) is 4.79 Å². The third kappa shape index (κ3) is 4.16. The predicted molar refractivity (Wildman–Crippen MR) is 87.8 cm³/mol. The lowest BCUT2D eigenvalue weighted by Gasteiger charge is -2.14. The summed E-state index contributed by atoms with van der Waals surface area (Å²) in [6.45, 7) is 1.85.